The minimum atomic E-state index is -1.43. The molecule has 0 unspecified atom stereocenters. The van der Waals surface area contributed by atoms with E-state index in [9.17, 15) is 19.2 Å². The van der Waals surface area contributed by atoms with Crippen LogP contribution in [-0.2, 0) is 46.5 Å². The average Bonchev–Trinajstić information content (AvgIpc) is 3.66. The van der Waals surface area contributed by atoms with Crippen LogP contribution in [0.3, 0.4) is 0 Å². The third-order valence-corrected chi connectivity index (χ3v) is 8.87. The van der Waals surface area contributed by atoms with Crippen LogP contribution in [0.15, 0.2) is 115 Å². The van der Waals surface area contributed by atoms with Crippen LogP contribution in [0.25, 0.3) is 0 Å². The molecule has 2 saturated heterocycles. The van der Waals surface area contributed by atoms with E-state index in [1.54, 1.807) is 54.6 Å². The third kappa shape index (κ3) is 7.31. The second-order valence-electron chi connectivity index (χ2n) is 12.2. The van der Waals surface area contributed by atoms with Gasteiger partial charge in [0.25, 0.3) is 0 Å². The fourth-order valence-corrected chi connectivity index (χ4v) is 6.47. The van der Waals surface area contributed by atoms with Gasteiger partial charge in [-0.25, -0.2) is 9.59 Å². The van der Waals surface area contributed by atoms with E-state index < -0.39 is 53.3 Å². The van der Waals surface area contributed by atoms with Crippen LogP contribution in [0.2, 0.25) is 0 Å². The molecule has 0 radical (unpaired) electrons. The normalized spacial score (nSPS) is 22.4. The Kier molecular flexibility index (Phi) is 9.96. The van der Waals surface area contributed by atoms with E-state index in [-0.39, 0.29) is 32.8 Å². The molecule has 2 fully saturated rings. The highest BCUT2D eigenvalue weighted by molar-refractivity contribution is 5.90. The van der Waals surface area contributed by atoms with Gasteiger partial charge in [-0.2, -0.15) is 0 Å². The van der Waals surface area contributed by atoms with Crippen molar-refractivity contribution in [1.82, 2.24) is 0 Å². The monoisotopic (exact) mass is 648 g/mol. The van der Waals surface area contributed by atoms with E-state index in [0.29, 0.717) is 11.1 Å². The largest absolute Gasteiger partial charge is 0.462 e. The minimum Gasteiger partial charge on any atom is -0.462 e. The van der Waals surface area contributed by atoms with E-state index in [1.165, 1.54) is 0 Å². The summed E-state index contributed by atoms with van der Waals surface area (Å²) >= 11 is 0. The predicted molar refractivity (Wildman–Crippen MR) is 173 cm³/mol. The van der Waals surface area contributed by atoms with E-state index in [0.717, 1.165) is 16.7 Å². The Morgan fingerprint density at radius 1 is 0.646 bits per heavy atom. The maximum Gasteiger partial charge on any atom is 0.338 e. The molecule has 2 aliphatic heterocycles. The Morgan fingerprint density at radius 3 is 1.77 bits per heavy atom. The summed E-state index contributed by atoms with van der Waals surface area (Å²) in [7, 11) is 0. The first-order valence-corrected chi connectivity index (χ1v) is 15.9. The van der Waals surface area contributed by atoms with E-state index >= 15 is 0 Å². The van der Waals surface area contributed by atoms with Crippen molar-refractivity contribution in [3.8, 4) is 0 Å². The Morgan fingerprint density at radius 2 is 1.17 bits per heavy atom. The molecule has 5 atom stereocenters. The smallest absolute Gasteiger partial charge is 0.338 e. The summed E-state index contributed by atoms with van der Waals surface area (Å²) in [4.78, 5) is 53.9. The van der Waals surface area contributed by atoms with Gasteiger partial charge in [-0.05, 0) is 48.7 Å². The second kappa shape index (κ2) is 14.6. The Labute approximate surface area is 278 Å². The maximum absolute atomic E-state index is 14.0. The van der Waals surface area contributed by atoms with Crippen LogP contribution in [0, 0.1) is 24.7 Å². The summed E-state index contributed by atoms with van der Waals surface area (Å²) in [6.07, 6.45) is -0.696. The lowest BCUT2D eigenvalue weighted by molar-refractivity contribution is -0.167. The predicted octanol–water partition coefficient (Wildman–Crippen LogP) is 5.89. The summed E-state index contributed by atoms with van der Waals surface area (Å²) < 4.78 is 29.5. The molecule has 48 heavy (non-hydrogen) atoms. The molecular formula is C39H36O9. The molecule has 0 spiro atoms. The number of hydrogen-bond acceptors (Lipinski definition) is 9. The second-order valence-corrected chi connectivity index (χ2v) is 12.2. The Balaban J connectivity index is 1.27. The van der Waals surface area contributed by atoms with Gasteiger partial charge in [0.15, 0.2) is 0 Å². The summed E-state index contributed by atoms with van der Waals surface area (Å²) in [6, 6.07) is 33.8. The number of benzene rings is 4. The number of carbonyl (C=O) groups excluding carboxylic acids is 4. The molecule has 0 aliphatic carbocycles. The fourth-order valence-electron chi connectivity index (χ4n) is 6.47. The van der Waals surface area contributed by atoms with Gasteiger partial charge in [0, 0.05) is 5.92 Å². The number of esters is 4. The van der Waals surface area contributed by atoms with Crippen LogP contribution in [-0.4, -0.2) is 48.8 Å². The molecule has 6 rings (SSSR count). The van der Waals surface area contributed by atoms with Gasteiger partial charge in [0.2, 0.25) is 0 Å². The highest BCUT2D eigenvalue weighted by atomic mass is 16.6. The van der Waals surface area contributed by atoms with Crippen LogP contribution < -0.4 is 0 Å². The van der Waals surface area contributed by atoms with Crippen molar-refractivity contribution >= 4 is 23.9 Å². The highest BCUT2D eigenvalue weighted by Gasteiger charge is 2.69. The number of hydrogen-bond donors (Lipinski definition) is 0. The van der Waals surface area contributed by atoms with Gasteiger partial charge in [-0.3, -0.25) is 9.59 Å². The first-order chi connectivity index (χ1) is 23.3. The van der Waals surface area contributed by atoms with Crippen LogP contribution in [0.5, 0.6) is 0 Å². The van der Waals surface area contributed by atoms with Gasteiger partial charge in [0.1, 0.15) is 31.3 Å². The minimum absolute atomic E-state index is 0.0161. The first kappa shape index (κ1) is 32.7. The zero-order valence-corrected chi connectivity index (χ0v) is 26.5. The summed E-state index contributed by atoms with van der Waals surface area (Å²) in [5.74, 6) is -5.21. The zero-order chi connectivity index (χ0) is 33.5. The molecule has 4 aromatic carbocycles. The maximum atomic E-state index is 14.0. The number of carbonyl (C=O) groups is 4. The standard InChI is InChI=1S/C39H36O9/c1-26-17-19-30(20-18-26)36(41)47-25-39-21-31(24-46-35(40)29-15-9-4-10-16-29)34(48-39)32(37(42)44-22-27-11-5-2-6-12-27)33(39)38(43)45-23-28-13-7-3-8-14-28/h2-20,31-34H,21-25H2,1H3/t31-,32+,33+,34-,39-/m1/s1. The van der Waals surface area contributed by atoms with Crippen molar-refractivity contribution < 1.29 is 42.9 Å². The van der Waals surface area contributed by atoms with Crippen molar-refractivity contribution in [3.63, 3.8) is 0 Å². The Hall–Kier alpha value is -5.28. The molecule has 4 aromatic rings. The average molecular weight is 649 g/mol. The van der Waals surface area contributed by atoms with E-state index in [4.69, 9.17) is 23.7 Å². The molecule has 0 saturated carbocycles. The van der Waals surface area contributed by atoms with E-state index in [1.807, 2.05) is 67.6 Å². The van der Waals surface area contributed by atoms with Crippen molar-refractivity contribution in [2.24, 2.45) is 17.8 Å². The molecule has 9 heteroatoms. The molecule has 2 aliphatic rings. The Bertz CT molecular complexity index is 1720. The van der Waals surface area contributed by atoms with Crippen molar-refractivity contribution in [1.29, 1.82) is 0 Å². The molecule has 246 valence electrons. The van der Waals surface area contributed by atoms with Crippen LogP contribution >= 0.6 is 0 Å². The summed E-state index contributed by atoms with van der Waals surface area (Å²) in [5.41, 5.74) is 1.80. The van der Waals surface area contributed by atoms with Crippen LogP contribution in [0.1, 0.15) is 43.8 Å². The van der Waals surface area contributed by atoms with Gasteiger partial charge in [-0.15, -0.1) is 0 Å². The SMILES string of the molecule is Cc1ccc(C(=O)OC[C@@]23C[C@H](COC(=O)c4ccccc4)[C@@H](O2)[C@@H](C(=O)OCc2ccccc2)[C@H]3C(=O)OCc2ccccc2)cc1. The lowest BCUT2D eigenvalue weighted by Gasteiger charge is -2.36. The number of rotatable bonds is 12. The quantitative estimate of drug-likeness (QED) is 0.137. The molecule has 2 heterocycles. The first-order valence-electron chi connectivity index (χ1n) is 15.9. The lowest BCUT2D eigenvalue weighted by Crippen LogP contribution is -2.52. The molecule has 0 N–H and O–H groups in total. The van der Waals surface area contributed by atoms with Gasteiger partial charge in [-0.1, -0.05) is 96.6 Å². The topological polar surface area (TPSA) is 114 Å². The highest BCUT2D eigenvalue weighted by Crippen LogP contribution is 2.55. The van der Waals surface area contributed by atoms with Crippen molar-refractivity contribution in [3.05, 3.63) is 143 Å². The van der Waals surface area contributed by atoms with E-state index in [2.05, 4.69) is 0 Å². The van der Waals surface area contributed by atoms with Crippen molar-refractivity contribution in [2.45, 2.75) is 38.3 Å². The van der Waals surface area contributed by atoms with Crippen LogP contribution in [0.4, 0.5) is 0 Å². The van der Waals surface area contributed by atoms with Crippen molar-refractivity contribution in [2.75, 3.05) is 13.2 Å². The molecule has 0 amide bonds. The molecule has 2 bridgehead atoms. The number of fused-ring (bicyclic) bond motifs is 2. The zero-order valence-electron chi connectivity index (χ0n) is 26.5. The summed E-state index contributed by atoms with van der Waals surface area (Å²) in [6.45, 7) is 1.46. The third-order valence-electron chi connectivity index (χ3n) is 8.87. The van der Waals surface area contributed by atoms with Gasteiger partial charge >= 0.3 is 23.9 Å². The summed E-state index contributed by atoms with van der Waals surface area (Å²) in [5, 5.41) is 0. The fraction of sp³-hybridized carbons (Fsp3) is 0.282. The molecule has 0 aromatic heterocycles. The molecular weight excluding hydrogens is 612 g/mol. The lowest BCUT2D eigenvalue weighted by atomic mass is 9.67. The molecule has 9 nitrogen and oxygen atoms in total. The number of ether oxygens (including phenoxy) is 5. The van der Waals surface area contributed by atoms with Gasteiger partial charge < -0.3 is 23.7 Å². The van der Waals surface area contributed by atoms with Gasteiger partial charge in [0.05, 0.1) is 29.8 Å². The number of aryl methyl sites for hydroxylation is 1.